The zero-order valence-electron chi connectivity index (χ0n) is 11.4. The van der Waals surface area contributed by atoms with E-state index >= 15 is 0 Å². The Bertz CT molecular complexity index is 166. The van der Waals surface area contributed by atoms with Gasteiger partial charge in [-0.3, -0.25) is 0 Å². The SMILES string of the molecule is CCCCO[C@@H]1CC(O)C[C@H](OCCCC)C1. The van der Waals surface area contributed by atoms with Gasteiger partial charge >= 0.3 is 0 Å². The van der Waals surface area contributed by atoms with Crippen LogP contribution in [0.2, 0.25) is 0 Å². The molecule has 0 radical (unpaired) electrons. The van der Waals surface area contributed by atoms with Gasteiger partial charge in [-0.15, -0.1) is 0 Å². The summed E-state index contributed by atoms with van der Waals surface area (Å²) >= 11 is 0. The normalized spacial score (nSPS) is 29.5. The maximum Gasteiger partial charge on any atom is 0.0624 e. The Balaban J connectivity index is 2.21. The van der Waals surface area contributed by atoms with Gasteiger partial charge in [-0.1, -0.05) is 26.7 Å². The summed E-state index contributed by atoms with van der Waals surface area (Å²) in [6, 6.07) is 0. The lowest BCUT2D eigenvalue weighted by Crippen LogP contribution is -2.36. The molecule has 1 rings (SSSR count). The van der Waals surface area contributed by atoms with Crippen LogP contribution in [0, 0.1) is 0 Å². The zero-order valence-corrected chi connectivity index (χ0v) is 11.4. The molecule has 0 amide bonds. The first-order valence-electron chi connectivity index (χ1n) is 7.17. The fraction of sp³-hybridized carbons (Fsp3) is 1.00. The summed E-state index contributed by atoms with van der Waals surface area (Å²) in [5.41, 5.74) is 0. The van der Waals surface area contributed by atoms with Crippen LogP contribution in [0.25, 0.3) is 0 Å². The highest BCUT2D eigenvalue weighted by atomic mass is 16.5. The molecule has 0 aromatic heterocycles. The lowest BCUT2D eigenvalue weighted by Gasteiger charge is -2.32. The molecule has 0 saturated heterocycles. The van der Waals surface area contributed by atoms with E-state index in [0.717, 1.165) is 58.2 Å². The van der Waals surface area contributed by atoms with E-state index in [-0.39, 0.29) is 18.3 Å². The van der Waals surface area contributed by atoms with Gasteiger partial charge in [-0.05, 0) is 32.1 Å². The van der Waals surface area contributed by atoms with E-state index in [0.29, 0.717) is 0 Å². The largest absolute Gasteiger partial charge is 0.393 e. The van der Waals surface area contributed by atoms with Crippen molar-refractivity contribution < 1.29 is 14.6 Å². The predicted octanol–water partition coefficient (Wildman–Crippen LogP) is 2.90. The van der Waals surface area contributed by atoms with Gasteiger partial charge in [0, 0.05) is 13.2 Å². The van der Waals surface area contributed by atoms with Crippen molar-refractivity contribution in [2.75, 3.05) is 13.2 Å². The van der Waals surface area contributed by atoms with E-state index in [1.807, 2.05) is 0 Å². The molecule has 1 N–H and O–H groups in total. The Hall–Kier alpha value is -0.120. The first-order valence-corrected chi connectivity index (χ1v) is 7.17. The van der Waals surface area contributed by atoms with Crippen molar-refractivity contribution in [3.63, 3.8) is 0 Å². The van der Waals surface area contributed by atoms with Gasteiger partial charge < -0.3 is 14.6 Å². The highest BCUT2D eigenvalue weighted by Gasteiger charge is 2.28. The van der Waals surface area contributed by atoms with E-state index in [2.05, 4.69) is 13.8 Å². The topological polar surface area (TPSA) is 38.7 Å². The van der Waals surface area contributed by atoms with Crippen molar-refractivity contribution in [2.45, 2.75) is 77.1 Å². The molecule has 0 bridgehead atoms. The molecule has 1 unspecified atom stereocenters. The van der Waals surface area contributed by atoms with E-state index in [4.69, 9.17) is 9.47 Å². The first-order chi connectivity index (χ1) is 8.26. The maximum atomic E-state index is 9.80. The van der Waals surface area contributed by atoms with Gasteiger partial charge in [0.2, 0.25) is 0 Å². The Kier molecular flexibility index (Phi) is 7.82. The maximum absolute atomic E-state index is 9.80. The molecule has 0 aromatic carbocycles. The second-order valence-corrected chi connectivity index (χ2v) is 5.05. The minimum absolute atomic E-state index is 0.192. The monoisotopic (exact) mass is 244 g/mol. The van der Waals surface area contributed by atoms with Crippen LogP contribution in [0.1, 0.15) is 58.8 Å². The van der Waals surface area contributed by atoms with E-state index < -0.39 is 0 Å². The summed E-state index contributed by atoms with van der Waals surface area (Å²) in [7, 11) is 0. The van der Waals surface area contributed by atoms with Crippen LogP contribution < -0.4 is 0 Å². The molecule has 1 fully saturated rings. The number of rotatable bonds is 8. The van der Waals surface area contributed by atoms with Crippen molar-refractivity contribution in [3.8, 4) is 0 Å². The summed E-state index contributed by atoms with van der Waals surface area (Å²) < 4.78 is 11.6. The van der Waals surface area contributed by atoms with E-state index in [1.165, 1.54) is 0 Å². The van der Waals surface area contributed by atoms with Crippen LogP contribution in [-0.4, -0.2) is 36.6 Å². The fourth-order valence-corrected chi connectivity index (χ4v) is 2.25. The predicted molar refractivity (Wildman–Crippen MR) is 69.2 cm³/mol. The van der Waals surface area contributed by atoms with E-state index in [9.17, 15) is 5.11 Å². The standard InChI is InChI=1S/C14H28O3/c1-3-5-7-16-13-9-12(15)10-14(11-13)17-8-6-4-2/h12-15H,3-11H2,1-2H3/t12?,13-,14+. The number of hydrogen-bond acceptors (Lipinski definition) is 3. The number of ether oxygens (including phenoxy) is 2. The molecule has 17 heavy (non-hydrogen) atoms. The summed E-state index contributed by atoms with van der Waals surface area (Å²) in [6.07, 6.45) is 7.16. The molecule has 1 aliphatic rings. The molecule has 1 aliphatic carbocycles. The highest BCUT2D eigenvalue weighted by molar-refractivity contribution is 4.79. The molecule has 3 heteroatoms. The number of unbranched alkanes of at least 4 members (excludes halogenated alkanes) is 2. The average molecular weight is 244 g/mol. The summed E-state index contributed by atoms with van der Waals surface area (Å²) in [5, 5.41) is 9.80. The zero-order chi connectivity index (χ0) is 12.5. The van der Waals surface area contributed by atoms with Crippen molar-refractivity contribution in [3.05, 3.63) is 0 Å². The van der Waals surface area contributed by atoms with Gasteiger partial charge in [0.05, 0.1) is 18.3 Å². The van der Waals surface area contributed by atoms with Crippen molar-refractivity contribution in [1.82, 2.24) is 0 Å². The minimum atomic E-state index is -0.248. The van der Waals surface area contributed by atoms with Crippen LogP contribution in [-0.2, 0) is 9.47 Å². The Morgan fingerprint density at radius 1 is 0.882 bits per heavy atom. The quantitative estimate of drug-likeness (QED) is 0.667. The molecule has 102 valence electrons. The van der Waals surface area contributed by atoms with Gasteiger partial charge in [-0.25, -0.2) is 0 Å². The van der Waals surface area contributed by atoms with Crippen LogP contribution in [0.5, 0.6) is 0 Å². The third kappa shape index (κ3) is 6.39. The number of aliphatic hydroxyl groups excluding tert-OH is 1. The molecular formula is C14H28O3. The molecule has 0 spiro atoms. The van der Waals surface area contributed by atoms with Crippen LogP contribution in [0.4, 0.5) is 0 Å². The van der Waals surface area contributed by atoms with Crippen molar-refractivity contribution in [1.29, 1.82) is 0 Å². The summed E-state index contributed by atoms with van der Waals surface area (Å²) in [6.45, 7) is 5.95. The molecule has 0 aliphatic heterocycles. The highest BCUT2D eigenvalue weighted by Crippen LogP contribution is 2.24. The van der Waals surface area contributed by atoms with Crippen molar-refractivity contribution >= 4 is 0 Å². The number of hydrogen-bond donors (Lipinski definition) is 1. The van der Waals surface area contributed by atoms with Gasteiger partial charge in [-0.2, -0.15) is 0 Å². The Morgan fingerprint density at radius 3 is 1.76 bits per heavy atom. The van der Waals surface area contributed by atoms with Gasteiger partial charge in [0.15, 0.2) is 0 Å². The smallest absolute Gasteiger partial charge is 0.0624 e. The Labute approximate surface area is 105 Å². The van der Waals surface area contributed by atoms with Crippen LogP contribution in [0.3, 0.4) is 0 Å². The minimum Gasteiger partial charge on any atom is -0.393 e. The molecule has 1 saturated carbocycles. The lowest BCUT2D eigenvalue weighted by molar-refractivity contribution is -0.0829. The third-order valence-electron chi connectivity index (χ3n) is 3.30. The molecule has 3 atom stereocenters. The third-order valence-corrected chi connectivity index (χ3v) is 3.30. The second kappa shape index (κ2) is 8.90. The fourth-order valence-electron chi connectivity index (χ4n) is 2.25. The molecule has 0 heterocycles. The summed E-state index contributed by atoms with van der Waals surface area (Å²) in [4.78, 5) is 0. The van der Waals surface area contributed by atoms with E-state index in [1.54, 1.807) is 0 Å². The average Bonchev–Trinajstić information content (AvgIpc) is 2.29. The summed E-state index contributed by atoms with van der Waals surface area (Å²) in [5.74, 6) is 0. The van der Waals surface area contributed by atoms with Gasteiger partial charge in [0.25, 0.3) is 0 Å². The lowest BCUT2D eigenvalue weighted by atomic mass is 9.92. The van der Waals surface area contributed by atoms with Crippen LogP contribution >= 0.6 is 0 Å². The van der Waals surface area contributed by atoms with Crippen molar-refractivity contribution in [2.24, 2.45) is 0 Å². The van der Waals surface area contributed by atoms with Crippen LogP contribution in [0.15, 0.2) is 0 Å². The van der Waals surface area contributed by atoms with Gasteiger partial charge in [0.1, 0.15) is 0 Å². The molecule has 3 nitrogen and oxygen atoms in total. The second-order valence-electron chi connectivity index (χ2n) is 5.05. The number of aliphatic hydroxyl groups is 1. The molecule has 0 aromatic rings. The Morgan fingerprint density at radius 2 is 1.35 bits per heavy atom. The molecular weight excluding hydrogens is 216 g/mol. The first kappa shape index (κ1) is 14.9.